The van der Waals surface area contributed by atoms with Gasteiger partial charge in [-0.15, -0.1) is 21.8 Å². The first kappa shape index (κ1) is 14.6. The molecule has 3 nitrogen and oxygen atoms in total. The molecule has 0 atom stereocenters. The summed E-state index contributed by atoms with van der Waals surface area (Å²) >= 11 is 6.04. The molecule has 0 unspecified atom stereocenters. The Hall–Kier alpha value is -1.35. The SMILES string of the molecule is ClCc1nnc(CC2CCCCCC2)n1-c1ccccc1. The van der Waals surface area contributed by atoms with Gasteiger partial charge >= 0.3 is 0 Å². The van der Waals surface area contributed by atoms with Gasteiger partial charge in [0.15, 0.2) is 5.82 Å². The maximum Gasteiger partial charge on any atom is 0.152 e. The van der Waals surface area contributed by atoms with E-state index in [1.807, 2.05) is 18.2 Å². The normalized spacial score (nSPS) is 16.8. The number of aromatic nitrogens is 3. The molecule has 112 valence electrons. The maximum absolute atomic E-state index is 6.04. The first-order valence-electron chi connectivity index (χ1n) is 7.93. The van der Waals surface area contributed by atoms with Crippen LogP contribution in [0.25, 0.3) is 5.69 Å². The summed E-state index contributed by atoms with van der Waals surface area (Å²) in [6, 6.07) is 10.3. The summed E-state index contributed by atoms with van der Waals surface area (Å²) in [5.41, 5.74) is 1.11. The van der Waals surface area contributed by atoms with Gasteiger partial charge in [0.05, 0.1) is 5.88 Å². The van der Waals surface area contributed by atoms with Crippen LogP contribution in [0, 0.1) is 5.92 Å². The van der Waals surface area contributed by atoms with E-state index in [0.29, 0.717) is 5.88 Å². The van der Waals surface area contributed by atoms with Gasteiger partial charge < -0.3 is 0 Å². The quantitative estimate of drug-likeness (QED) is 0.614. The Morgan fingerprint density at radius 1 is 0.952 bits per heavy atom. The molecular weight excluding hydrogens is 282 g/mol. The van der Waals surface area contributed by atoms with Gasteiger partial charge in [-0.1, -0.05) is 56.7 Å². The van der Waals surface area contributed by atoms with Gasteiger partial charge in [0, 0.05) is 12.1 Å². The Morgan fingerprint density at radius 2 is 1.62 bits per heavy atom. The van der Waals surface area contributed by atoms with Crippen LogP contribution in [0.5, 0.6) is 0 Å². The van der Waals surface area contributed by atoms with Crippen LogP contribution in [0.2, 0.25) is 0 Å². The number of para-hydroxylation sites is 1. The van der Waals surface area contributed by atoms with Crippen molar-refractivity contribution in [1.82, 2.24) is 14.8 Å². The number of benzene rings is 1. The molecule has 0 aliphatic heterocycles. The van der Waals surface area contributed by atoms with Gasteiger partial charge in [-0.2, -0.15) is 0 Å². The van der Waals surface area contributed by atoms with Crippen LogP contribution in [0.4, 0.5) is 0 Å². The molecule has 0 N–H and O–H groups in total. The first-order chi connectivity index (χ1) is 10.4. The van der Waals surface area contributed by atoms with Crippen LogP contribution >= 0.6 is 11.6 Å². The van der Waals surface area contributed by atoms with E-state index < -0.39 is 0 Å². The topological polar surface area (TPSA) is 30.7 Å². The van der Waals surface area contributed by atoms with Crippen LogP contribution in [-0.2, 0) is 12.3 Å². The number of rotatable bonds is 4. The zero-order valence-corrected chi connectivity index (χ0v) is 13.1. The average molecular weight is 304 g/mol. The van der Waals surface area contributed by atoms with E-state index in [2.05, 4.69) is 26.9 Å². The Labute approximate surface area is 131 Å². The standard InChI is InChI=1S/C17H22ClN3/c18-13-17-20-19-16(12-14-8-4-1-2-5-9-14)21(17)15-10-6-3-7-11-15/h3,6-7,10-11,14H,1-2,4-5,8-9,12-13H2. The molecule has 1 fully saturated rings. The lowest BCUT2D eigenvalue weighted by Crippen LogP contribution is -2.10. The summed E-state index contributed by atoms with van der Waals surface area (Å²) in [7, 11) is 0. The summed E-state index contributed by atoms with van der Waals surface area (Å²) in [5, 5.41) is 8.70. The largest absolute Gasteiger partial charge is 0.282 e. The molecule has 4 heteroatoms. The minimum absolute atomic E-state index is 0.395. The summed E-state index contributed by atoms with van der Waals surface area (Å²) in [6.07, 6.45) is 9.12. The fourth-order valence-corrected chi connectivity index (χ4v) is 3.45. The minimum Gasteiger partial charge on any atom is -0.282 e. The van der Waals surface area contributed by atoms with Crippen LogP contribution in [0.15, 0.2) is 30.3 Å². The van der Waals surface area contributed by atoms with Gasteiger partial charge in [0.2, 0.25) is 0 Å². The molecule has 2 aromatic rings. The third kappa shape index (κ3) is 3.46. The molecule has 0 radical (unpaired) electrons. The molecule has 0 amide bonds. The highest BCUT2D eigenvalue weighted by molar-refractivity contribution is 6.16. The van der Waals surface area contributed by atoms with E-state index in [1.165, 1.54) is 38.5 Å². The fourth-order valence-electron chi connectivity index (χ4n) is 3.27. The highest BCUT2D eigenvalue weighted by Gasteiger charge is 2.19. The van der Waals surface area contributed by atoms with E-state index in [-0.39, 0.29) is 0 Å². The van der Waals surface area contributed by atoms with Crippen molar-refractivity contribution in [2.24, 2.45) is 5.92 Å². The summed E-state index contributed by atoms with van der Waals surface area (Å²) in [5.74, 6) is 3.03. The summed E-state index contributed by atoms with van der Waals surface area (Å²) in [6.45, 7) is 0. The van der Waals surface area contributed by atoms with E-state index in [0.717, 1.165) is 29.7 Å². The van der Waals surface area contributed by atoms with Crippen molar-refractivity contribution in [1.29, 1.82) is 0 Å². The maximum atomic E-state index is 6.04. The molecule has 1 aromatic carbocycles. The Balaban J connectivity index is 1.86. The van der Waals surface area contributed by atoms with Crippen LogP contribution in [-0.4, -0.2) is 14.8 Å². The van der Waals surface area contributed by atoms with Crippen molar-refractivity contribution in [3.8, 4) is 5.69 Å². The fraction of sp³-hybridized carbons (Fsp3) is 0.529. The third-order valence-electron chi connectivity index (χ3n) is 4.38. The zero-order valence-electron chi connectivity index (χ0n) is 12.3. The second-order valence-corrected chi connectivity index (χ2v) is 6.17. The molecule has 1 heterocycles. The number of nitrogens with zero attached hydrogens (tertiary/aromatic N) is 3. The van der Waals surface area contributed by atoms with Crippen molar-refractivity contribution in [3.05, 3.63) is 42.0 Å². The Bertz CT molecular complexity index is 557. The molecule has 1 aliphatic carbocycles. The van der Waals surface area contributed by atoms with E-state index in [4.69, 9.17) is 11.6 Å². The molecule has 1 saturated carbocycles. The van der Waals surface area contributed by atoms with Crippen molar-refractivity contribution in [3.63, 3.8) is 0 Å². The Kier molecular flexibility index (Phi) is 4.91. The van der Waals surface area contributed by atoms with E-state index in [1.54, 1.807) is 0 Å². The van der Waals surface area contributed by atoms with E-state index in [9.17, 15) is 0 Å². The molecule has 3 rings (SSSR count). The number of hydrogen-bond acceptors (Lipinski definition) is 2. The average Bonchev–Trinajstić information content (AvgIpc) is 2.75. The zero-order chi connectivity index (χ0) is 14.5. The number of halogens is 1. The van der Waals surface area contributed by atoms with Crippen LogP contribution in [0.3, 0.4) is 0 Å². The van der Waals surface area contributed by atoms with Gasteiger partial charge in [-0.05, 0) is 18.1 Å². The number of hydrogen-bond donors (Lipinski definition) is 0. The summed E-state index contributed by atoms with van der Waals surface area (Å²) < 4.78 is 2.14. The molecule has 0 bridgehead atoms. The number of alkyl halides is 1. The molecule has 0 spiro atoms. The highest BCUT2D eigenvalue weighted by atomic mass is 35.5. The van der Waals surface area contributed by atoms with Crippen molar-refractivity contribution in [2.45, 2.75) is 50.8 Å². The lowest BCUT2D eigenvalue weighted by molar-refractivity contribution is 0.445. The second kappa shape index (κ2) is 7.08. The van der Waals surface area contributed by atoms with E-state index >= 15 is 0 Å². The molecule has 1 aromatic heterocycles. The lowest BCUT2D eigenvalue weighted by atomic mass is 9.96. The van der Waals surface area contributed by atoms with Gasteiger partial charge in [0.25, 0.3) is 0 Å². The third-order valence-corrected chi connectivity index (χ3v) is 4.62. The van der Waals surface area contributed by atoms with Crippen molar-refractivity contribution >= 4 is 11.6 Å². The molecule has 0 saturated heterocycles. The van der Waals surface area contributed by atoms with Crippen molar-refractivity contribution < 1.29 is 0 Å². The van der Waals surface area contributed by atoms with Crippen LogP contribution in [0.1, 0.15) is 50.2 Å². The molecule has 1 aliphatic rings. The predicted molar refractivity (Wildman–Crippen MR) is 85.8 cm³/mol. The van der Waals surface area contributed by atoms with Gasteiger partial charge in [0.1, 0.15) is 5.82 Å². The second-order valence-electron chi connectivity index (χ2n) is 5.90. The Morgan fingerprint density at radius 3 is 2.29 bits per heavy atom. The minimum atomic E-state index is 0.395. The van der Waals surface area contributed by atoms with Gasteiger partial charge in [-0.25, -0.2) is 0 Å². The van der Waals surface area contributed by atoms with Crippen molar-refractivity contribution in [2.75, 3.05) is 0 Å². The van der Waals surface area contributed by atoms with Gasteiger partial charge in [-0.3, -0.25) is 4.57 Å². The highest BCUT2D eigenvalue weighted by Crippen LogP contribution is 2.26. The summed E-state index contributed by atoms with van der Waals surface area (Å²) in [4.78, 5) is 0. The molecule has 21 heavy (non-hydrogen) atoms. The smallest absolute Gasteiger partial charge is 0.152 e. The van der Waals surface area contributed by atoms with Crippen LogP contribution < -0.4 is 0 Å². The monoisotopic (exact) mass is 303 g/mol. The first-order valence-corrected chi connectivity index (χ1v) is 8.46. The lowest BCUT2D eigenvalue weighted by Gasteiger charge is -2.15. The molecular formula is C17H22ClN3. The predicted octanol–water partition coefficient (Wildman–Crippen LogP) is 4.52.